The zero-order valence-electron chi connectivity index (χ0n) is 12.2. The van der Waals surface area contributed by atoms with Gasteiger partial charge in [-0.3, -0.25) is 4.68 Å². The number of hydrogen-bond acceptors (Lipinski definition) is 2. The highest BCUT2D eigenvalue weighted by Gasteiger charge is 2.16. The Hall–Kier alpha value is -2.07. The monoisotopic (exact) mass is 268 g/mol. The lowest BCUT2D eigenvalue weighted by atomic mass is 10.0. The third-order valence-electron chi connectivity index (χ3n) is 3.84. The zero-order valence-corrected chi connectivity index (χ0v) is 12.2. The van der Waals surface area contributed by atoms with Crippen molar-refractivity contribution in [3.63, 3.8) is 0 Å². The first-order valence-corrected chi connectivity index (χ1v) is 6.96. The molecule has 0 unspecified atom stereocenters. The van der Waals surface area contributed by atoms with Crippen LogP contribution in [0.1, 0.15) is 11.3 Å². The maximum Gasteiger partial charge on any atom is 0.0732 e. The van der Waals surface area contributed by atoms with Crippen LogP contribution in [-0.2, 0) is 13.5 Å². The highest BCUT2D eigenvalue weighted by atomic mass is 15.3. The van der Waals surface area contributed by atoms with Gasteiger partial charge in [0.25, 0.3) is 0 Å². The van der Waals surface area contributed by atoms with Gasteiger partial charge in [0.2, 0.25) is 0 Å². The van der Waals surface area contributed by atoms with Gasteiger partial charge in [-0.2, -0.15) is 5.10 Å². The molecular formula is C16H20N4. The molecule has 0 spiro atoms. The first-order chi connectivity index (χ1) is 9.72. The molecule has 2 N–H and O–H groups in total. The van der Waals surface area contributed by atoms with Crippen LogP contribution in [0, 0.1) is 6.92 Å². The van der Waals surface area contributed by atoms with Crippen molar-refractivity contribution in [2.45, 2.75) is 13.3 Å². The summed E-state index contributed by atoms with van der Waals surface area (Å²) in [6, 6.07) is 8.39. The second kappa shape index (κ2) is 5.13. The average molecular weight is 268 g/mol. The van der Waals surface area contributed by atoms with Gasteiger partial charge in [-0.25, -0.2) is 0 Å². The lowest BCUT2D eigenvalue weighted by Crippen LogP contribution is -2.11. The molecule has 2 heterocycles. The van der Waals surface area contributed by atoms with E-state index < -0.39 is 0 Å². The molecule has 20 heavy (non-hydrogen) atoms. The Bertz CT molecular complexity index is 736. The second-order valence-electron chi connectivity index (χ2n) is 5.15. The fourth-order valence-electron chi connectivity index (χ4n) is 2.81. The number of aromatic nitrogens is 3. The Morgan fingerprint density at radius 3 is 2.90 bits per heavy atom. The molecule has 3 aromatic rings. The van der Waals surface area contributed by atoms with Crippen LogP contribution in [-0.4, -0.2) is 28.4 Å². The Kier molecular flexibility index (Phi) is 3.32. The van der Waals surface area contributed by atoms with Gasteiger partial charge >= 0.3 is 0 Å². The molecule has 0 saturated heterocycles. The van der Waals surface area contributed by atoms with Crippen molar-refractivity contribution in [2.75, 3.05) is 13.6 Å². The van der Waals surface area contributed by atoms with Crippen LogP contribution >= 0.6 is 0 Å². The van der Waals surface area contributed by atoms with E-state index in [1.165, 1.54) is 33.4 Å². The maximum atomic E-state index is 4.67. The first-order valence-electron chi connectivity index (χ1n) is 6.96. The molecule has 0 saturated carbocycles. The van der Waals surface area contributed by atoms with E-state index in [2.05, 4.69) is 52.8 Å². The van der Waals surface area contributed by atoms with E-state index in [4.69, 9.17) is 0 Å². The van der Waals surface area contributed by atoms with Gasteiger partial charge in [-0.1, -0.05) is 18.2 Å². The minimum atomic E-state index is 0.950. The fraction of sp³-hybridized carbons (Fsp3) is 0.312. The molecule has 0 aliphatic rings. The highest BCUT2D eigenvalue weighted by molar-refractivity contribution is 5.95. The van der Waals surface area contributed by atoms with E-state index in [9.17, 15) is 0 Å². The van der Waals surface area contributed by atoms with Crippen LogP contribution in [0.2, 0.25) is 0 Å². The molecule has 0 aliphatic heterocycles. The Labute approximate surface area is 118 Å². The predicted octanol–water partition coefficient (Wildman–Crippen LogP) is 2.64. The quantitative estimate of drug-likeness (QED) is 0.764. The summed E-state index contributed by atoms with van der Waals surface area (Å²) in [5, 5.41) is 9.10. The van der Waals surface area contributed by atoms with E-state index in [0.29, 0.717) is 0 Å². The number of fused-ring (bicyclic) bond motifs is 1. The van der Waals surface area contributed by atoms with E-state index in [1.54, 1.807) is 0 Å². The van der Waals surface area contributed by atoms with Crippen LogP contribution in [0.3, 0.4) is 0 Å². The normalized spacial score (nSPS) is 11.3. The Morgan fingerprint density at radius 1 is 1.30 bits per heavy atom. The molecular weight excluding hydrogens is 248 g/mol. The molecule has 0 aliphatic carbocycles. The molecule has 4 heteroatoms. The standard InChI is InChI=1S/C16H20N4/c1-11-14(8-9-17-2)19-20(3)16(11)13-10-18-15-7-5-4-6-12(13)15/h4-7,10,17-18H,8-9H2,1-3H3. The van der Waals surface area contributed by atoms with E-state index in [1.807, 2.05) is 18.8 Å². The number of hydrogen-bond donors (Lipinski definition) is 2. The van der Waals surface area contributed by atoms with Gasteiger partial charge in [0.1, 0.15) is 0 Å². The first kappa shape index (κ1) is 12.9. The van der Waals surface area contributed by atoms with Gasteiger partial charge in [0.15, 0.2) is 0 Å². The van der Waals surface area contributed by atoms with Crippen molar-refractivity contribution in [2.24, 2.45) is 7.05 Å². The number of benzene rings is 1. The number of rotatable bonds is 4. The summed E-state index contributed by atoms with van der Waals surface area (Å²) in [7, 11) is 3.99. The highest BCUT2D eigenvalue weighted by Crippen LogP contribution is 2.31. The van der Waals surface area contributed by atoms with Crippen LogP contribution in [0.5, 0.6) is 0 Å². The summed E-state index contributed by atoms with van der Waals surface area (Å²) in [6.07, 6.45) is 3.04. The summed E-state index contributed by atoms with van der Waals surface area (Å²) in [5.41, 5.74) is 6.03. The van der Waals surface area contributed by atoms with Gasteiger partial charge in [-0.15, -0.1) is 0 Å². The molecule has 104 valence electrons. The topological polar surface area (TPSA) is 45.6 Å². The summed E-state index contributed by atoms with van der Waals surface area (Å²) >= 11 is 0. The van der Waals surface area contributed by atoms with Gasteiger partial charge < -0.3 is 10.3 Å². The molecule has 0 fully saturated rings. The van der Waals surface area contributed by atoms with Crippen LogP contribution in [0.25, 0.3) is 22.2 Å². The molecule has 4 nitrogen and oxygen atoms in total. The fourth-order valence-corrected chi connectivity index (χ4v) is 2.81. The Balaban J connectivity index is 2.12. The third-order valence-corrected chi connectivity index (χ3v) is 3.84. The van der Waals surface area contributed by atoms with E-state index >= 15 is 0 Å². The van der Waals surface area contributed by atoms with Gasteiger partial charge in [0.05, 0.1) is 11.4 Å². The Morgan fingerprint density at radius 2 is 2.10 bits per heavy atom. The largest absolute Gasteiger partial charge is 0.360 e. The minimum absolute atomic E-state index is 0.950. The zero-order chi connectivity index (χ0) is 14.1. The smallest absolute Gasteiger partial charge is 0.0732 e. The summed E-state index contributed by atoms with van der Waals surface area (Å²) in [6.45, 7) is 3.11. The van der Waals surface area contributed by atoms with Crippen LogP contribution < -0.4 is 5.32 Å². The number of H-pyrrole nitrogens is 1. The molecule has 0 atom stereocenters. The minimum Gasteiger partial charge on any atom is -0.360 e. The van der Waals surface area contributed by atoms with E-state index in [0.717, 1.165) is 13.0 Å². The molecule has 0 radical (unpaired) electrons. The second-order valence-corrected chi connectivity index (χ2v) is 5.15. The number of nitrogens with one attached hydrogen (secondary N) is 2. The lowest BCUT2D eigenvalue weighted by molar-refractivity contribution is 0.720. The van der Waals surface area contributed by atoms with Crippen LogP contribution in [0.15, 0.2) is 30.5 Å². The van der Waals surface area contributed by atoms with Gasteiger partial charge in [-0.05, 0) is 25.6 Å². The number of aryl methyl sites for hydroxylation is 1. The molecule has 1 aromatic carbocycles. The van der Waals surface area contributed by atoms with Gasteiger partial charge in [0, 0.05) is 42.7 Å². The molecule has 0 bridgehead atoms. The molecule has 3 rings (SSSR count). The van der Waals surface area contributed by atoms with E-state index in [-0.39, 0.29) is 0 Å². The van der Waals surface area contributed by atoms with Crippen LogP contribution in [0.4, 0.5) is 0 Å². The summed E-state index contributed by atoms with van der Waals surface area (Å²) < 4.78 is 2.00. The maximum absolute atomic E-state index is 4.67. The van der Waals surface area contributed by atoms with Crippen molar-refractivity contribution >= 4 is 10.9 Å². The summed E-state index contributed by atoms with van der Waals surface area (Å²) in [4.78, 5) is 3.34. The van der Waals surface area contributed by atoms with Crippen molar-refractivity contribution in [3.05, 3.63) is 41.7 Å². The summed E-state index contributed by atoms with van der Waals surface area (Å²) in [5.74, 6) is 0. The number of aromatic amines is 1. The lowest BCUT2D eigenvalue weighted by Gasteiger charge is -2.02. The van der Waals surface area contributed by atoms with Crippen molar-refractivity contribution < 1.29 is 0 Å². The predicted molar refractivity (Wildman–Crippen MR) is 82.9 cm³/mol. The number of likely N-dealkylation sites (N-methyl/N-ethyl adjacent to an activating group) is 1. The SMILES string of the molecule is CNCCc1nn(C)c(-c2c[nH]c3ccccc23)c1C. The third kappa shape index (κ3) is 2.02. The molecule has 0 amide bonds. The van der Waals surface area contributed by atoms with Crippen molar-refractivity contribution in [1.82, 2.24) is 20.1 Å². The van der Waals surface area contributed by atoms with Crippen molar-refractivity contribution in [3.8, 4) is 11.3 Å². The molecule has 2 aromatic heterocycles. The average Bonchev–Trinajstić information content (AvgIpc) is 2.98. The number of para-hydroxylation sites is 1. The number of nitrogens with zero attached hydrogens (tertiary/aromatic N) is 2. The van der Waals surface area contributed by atoms with Crippen molar-refractivity contribution in [1.29, 1.82) is 0 Å².